The van der Waals surface area contributed by atoms with Crippen molar-refractivity contribution < 1.29 is 9.63 Å². The Kier molecular flexibility index (Phi) is 3.94. The van der Waals surface area contributed by atoms with Crippen LogP contribution in [0.25, 0.3) is 0 Å². The van der Waals surface area contributed by atoms with E-state index < -0.39 is 0 Å². The molecule has 2 aromatic rings. The SMILES string of the molecule is Nc1ccccc1CONC(=O)c1ccccc1. The molecule has 0 heterocycles. The van der Waals surface area contributed by atoms with Gasteiger partial charge in [0.05, 0.1) is 0 Å². The van der Waals surface area contributed by atoms with Gasteiger partial charge in [0, 0.05) is 16.8 Å². The van der Waals surface area contributed by atoms with Crippen molar-refractivity contribution in [2.45, 2.75) is 6.61 Å². The zero-order valence-electron chi connectivity index (χ0n) is 9.80. The van der Waals surface area contributed by atoms with Crippen molar-refractivity contribution in [3.05, 3.63) is 65.7 Å². The summed E-state index contributed by atoms with van der Waals surface area (Å²) in [5.74, 6) is -0.273. The molecule has 0 aromatic heterocycles. The zero-order chi connectivity index (χ0) is 12.8. The molecular weight excluding hydrogens is 228 g/mol. The van der Waals surface area contributed by atoms with Gasteiger partial charge in [0.25, 0.3) is 5.91 Å². The highest BCUT2D eigenvalue weighted by atomic mass is 16.6. The summed E-state index contributed by atoms with van der Waals surface area (Å²) in [4.78, 5) is 16.8. The molecule has 0 atom stereocenters. The molecule has 0 saturated carbocycles. The minimum absolute atomic E-state index is 0.241. The van der Waals surface area contributed by atoms with Gasteiger partial charge >= 0.3 is 0 Å². The highest BCUT2D eigenvalue weighted by Crippen LogP contribution is 2.10. The van der Waals surface area contributed by atoms with Gasteiger partial charge in [-0.2, -0.15) is 0 Å². The van der Waals surface area contributed by atoms with Gasteiger partial charge < -0.3 is 5.73 Å². The quantitative estimate of drug-likeness (QED) is 0.637. The minimum Gasteiger partial charge on any atom is -0.398 e. The van der Waals surface area contributed by atoms with E-state index in [1.807, 2.05) is 24.3 Å². The molecule has 92 valence electrons. The van der Waals surface area contributed by atoms with E-state index in [2.05, 4.69) is 5.48 Å². The predicted molar refractivity (Wildman–Crippen MR) is 69.6 cm³/mol. The van der Waals surface area contributed by atoms with Crippen LogP contribution >= 0.6 is 0 Å². The van der Waals surface area contributed by atoms with Crippen molar-refractivity contribution in [2.24, 2.45) is 0 Å². The number of hydrogen-bond donors (Lipinski definition) is 2. The summed E-state index contributed by atoms with van der Waals surface area (Å²) in [5.41, 5.74) is 10.2. The van der Waals surface area contributed by atoms with Gasteiger partial charge in [-0.15, -0.1) is 0 Å². The van der Waals surface area contributed by atoms with Crippen LogP contribution in [0.15, 0.2) is 54.6 Å². The maximum absolute atomic E-state index is 11.7. The normalized spacial score (nSPS) is 10.0. The van der Waals surface area contributed by atoms with Crippen molar-refractivity contribution in [1.82, 2.24) is 5.48 Å². The van der Waals surface area contributed by atoms with Gasteiger partial charge in [-0.1, -0.05) is 36.4 Å². The molecule has 0 bridgehead atoms. The predicted octanol–water partition coefficient (Wildman–Crippen LogP) is 2.13. The fourth-order valence-electron chi connectivity index (χ4n) is 1.49. The minimum atomic E-state index is -0.273. The van der Waals surface area contributed by atoms with Crippen LogP contribution in [-0.2, 0) is 11.4 Å². The molecule has 2 rings (SSSR count). The molecule has 4 heteroatoms. The number of para-hydroxylation sites is 1. The number of rotatable bonds is 4. The maximum atomic E-state index is 11.7. The van der Waals surface area contributed by atoms with E-state index in [1.54, 1.807) is 30.3 Å². The Hall–Kier alpha value is -2.33. The molecule has 0 fully saturated rings. The number of hydrogen-bond acceptors (Lipinski definition) is 3. The number of benzene rings is 2. The summed E-state index contributed by atoms with van der Waals surface area (Å²) in [6.45, 7) is 0.241. The molecule has 0 aliphatic rings. The van der Waals surface area contributed by atoms with Crippen molar-refractivity contribution in [1.29, 1.82) is 0 Å². The Morgan fingerprint density at radius 1 is 1.06 bits per heavy atom. The zero-order valence-corrected chi connectivity index (χ0v) is 9.80. The number of nitrogens with two attached hydrogens (primary N) is 1. The van der Waals surface area contributed by atoms with Crippen LogP contribution in [0.5, 0.6) is 0 Å². The van der Waals surface area contributed by atoms with Gasteiger partial charge in [0.15, 0.2) is 0 Å². The van der Waals surface area contributed by atoms with E-state index in [-0.39, 0.29) is 12.5 Å². The maximum Gasteiger partial charge on any atom is 0.274 e. The molecule has 0 aliphatic heterocycles. The van der Waals surface area contributed by atoms with Crippen LogP contribution in [0.4, 0.5) is 5.69 Å². The number of nitrogen functional groups attached to an aromatic ring is 1. The lowest BCUT2D eigenvalue weighted by Gasteiger charge is -2.07. The molecular formula is C14H14N2O2. The summed E-state index contributed by atoms with van der Waals surface area (Å²) in [7, 11) is 0. The largest absolute Gasteiger partial charge is 0.398 e. The Balaban J connectivity index is 1.86. The number of carbonyl (C=O) groups excluding carboxylic acids is 1. The number of carbonyl (C=O) groups is 1. The Morgan fingerprint density at radius 3 is 2.44 bits per heavy atom. The summed E-state index contributed by atoms with van der Waals surface area (Å²) in [6, 6.07) is 16.2. The van der Waals surface area contributed by atoms with E-state index in [0.717, 1.165) is 5.56 Å². The lowest BCUT2D eigenvalue weighted by atomic mass is 10.2. The van der Waals surface area contributed by atoms with Crippen molar-refractivity contribution in [3.63, 3.8) is 0 Å². The highest BCUT2D eigenvalue weighted by molar-refractivity contribution is 5.93. The first-order valence-corrected chi connectivity index (χ1v) is 5.58. The number of amides is 1. The molecule has 3 N–H and O–H groups in total. The van der Waals surface area contributed by atoms with Gasteiger partial charge in [-0.05, 0) is 18.2 Å². The van der Waals surface area contributed by atoms with E-state index in [1.165, 1.54) is 0 Å². The number of nitrogens with one attached hydrogen (secondary N) is 1. The fourth-order valence-corrected chi connectivity index (χ4v) is 1.49. The third-order valence-corrected chi connectivity index (χ3v) is 2.48. The second-order valence-corrected chi connectivity index (χ2v) is 3.78. The Bertz CT molecular complexity index is 526. The first-order valence-electron chi connectivity index (χ1n) is 5.58. The molecule has 2 aromatic carbocycles. The topological polar surface area (TPSA) is 64.3 Å². The standard InChI is InChI=1S/C14H14N2O2/c15-13-9-5-4-8-12(13)10-18-16-14(17)11-6-2-1-3-7-11/h1-9H,10,15H2,(H,16,17). The summed E-state index contributed by atoms with van der Waals surface area (Å²) in [6.07, 6.45) is 0. The summed E-state index contributed by atoms with van der Waals surface area (Å²) >= 11 is 0. The second-order valence-electron chi connectivity index (χ2n) is 3.78. The highest BCUT2D eigenvalue weighted by Gasteiger charge is 2.04. The lowest BCUT2D eigenvalue weighted by molar-refractivity contribution is 0.0235. The van der Waals surface area contributed by atoms with Crippen LogP contribution in [0.3, 0.4) is 0 Å². The average molecular weight is 242 g/mol. The van der Waals surface area contributed by atoms with E-state index in [0.29, 0.717) is 11.3 Å². The van der Waals surface area contributed by atoms with E-state index in [4.69, 9.17) is 10.6 Å². The van der Waals surface area contributed by atoms with Crippen LogP contribution in [0.1, 0.15) is 15.9 Å². The van der Waals surface area contributed by atoms with Crippen molar-refractivity contribution in [3.8, 4) is 0 Å². The molecule has 1 amide bonds. The Labute approximate surface area is 105 Å². The average Bonchev–Trinajstić information content (AvgIpc) is 2.42. The van der Waals surface area contributed by atoms with Crippen LogP contribution in [-0.4, -0.2) is 5.91 Å². The van der Waals surface area contributed by atoms with Crippen LogP contribution < -0.4 is 11.2 Å². The first-order chi connectivity index (χ1) is 8.77. The molecule has 0 radical (unpaired) electrons. The first kappa shape index (κ1) is 12.1. The summed E-state index contributed by atoms with van der Waals surface area (Å²) in [5, 5.41) is 0. The van der Waals surface area contributed by atoms with Crippen molar-refractivity contribution >= 4 is 11.6 Å². The van der Waals surface area contributed by atoms with Gasteiger partial charge in [-0.3, -0.25) is 9.63 Å². The van der Waals surface area contributed by atoms with Gasteiger partial charge in [0.1, 0.15) is 6.61 Å². The van der Waals surface area contributed by atoms with E-state index >= 15 is 0 Å². The molecule has 0 unspecified atom stereocenters. The third-order valence-electron chi connectivity index (χ3n) is 2.48. The molecule has 4 nitrogen and oxygen atoms in total. The smallest absolute Gasteiger partial charge is 0.274 e. The Morgan fingerprint density at radius 2 is 1.72 bits per heavy atom. The van der Waals surface area contributed by atoms with E-state index in [9.17, 15) is 4.79 Å². The third kappa shape index (κ3) is 3.09. The second kappa shape index (κ2) is 5.84. The molecule has 0 spiro atoms. The lowest BCUT2D eigenvalue weighted by Crippen LogP contribution is -2.23. The molecule has 18 heavy (non-hydrogen) atoms. The van der Waals surface area contributed by atoms with Crippen molar-refractivity contribution in [2.75, 3.05) is 5.73 Å². The number of anilines is 1. The molecule has 0 aliphatic carbocycles. The van der Waals surface area contributed by atoms with Crippen LogP contribution in [0.2, 0.25) is 0 Å². The monoisotopic (exact) mass is 242 g/mol. The van der Waals surface area contributed by atoms with Gasteiger partial charge in [-0.25, -0.2) is 5.48 Å². The summed E-state index contributed by atoms with van der Waals surface area (Å²) < 4.78 is 0. The molecule has 0 saturated heterocycles. The van der Waals surface area contributed by atoms with Gasteiger partial charge in [0.2, 0.25) is 0 Å². The fraction of sp³-hybridized carbons (Fsp3) is 0.0714. The number of hydroxylamine groups is 1. The van der Waals surface area contributed by atoms with Crippen LogP contribution in [0, 0.1) is 0 Å².